The van der Waals surface area contributed by atoms with Crippen LogP contribution in [0.1, 0.15) is 53.0 Å². The smallest absolute Gasteiger partial charge is 0.409 e. The maximum Gasteiger partial charge on any atom is 0.409 e. The highest BCUT2D eigenvalue weighted by atomic mass is 16.7. The van der Waals surface area contributed by atoms with Gasteiger partial charge in [-0.1, -0.05) is 44.6 Å². The molecule has 4 aliphatic heterocycles. The summed E-state index contributed by atoms with van der Waals surface area (Å²) in [6, 6.07) is 3.76. The molecule has 1 aromatic rings. The average Bonchev–Trinajstić information content (AvgIpc) is 3.43. The molecule has 7 atom stereocenters. The van der Waals surface area contributed by atoms with Crippen molar-refractivity contribution in [1.29, 1.82) is 0 Å². The summed E-state index contributed by atoms with van der Waals surface area (Å²) in [4.78, 5) is 40.8. The SMILES string of the molecule is CO[C@@H]1/C=C/C=C(\C)Cc2cc3c(c(c2)N(C)C(=O)C[C@H](OC(=O)C(C)C)[C@]2(C)O[C@H]2[C@H](C)[C@@H]2C[C@@]1(O)NC(=O)O2)OCO3. The molecular weight excluding hydrogens is 572 g/mol. The Balaban J connectivity index is 1.56. The van der Waals surface area contributed by atoms with E-state index in [9.17, 15) is 19.5 Å². The first-order valence-corrected chi connectivity index (χ1v) is 14.9. The number of carbonyl (C=O) groups excluding carboxylic acids is 3. The van der Waals surface area contributed by atoms with Gasteiger partial charge in [0.1, 0.15) is 23.9 Å². The minimum Gasteiger partial charge on any atom is -0.458 e. The van der Waals surface area contributed by atoms with Crippen LogP contribution in [0.2, 0.25) is 0 Å². The monoisotopic (exact) mass is 614 g/mol. The molecular formula is C32H42N2O10. The Labute approximate surface area is 257 Å². The maximum absolute atomic E-state index is 13.8. The Morgan fingerprint density at radius 2 is 1.98 bits per heavy atom. The van der Waals surface area contributed by atoms with E-state index in [-0.39, 0.29) is 25.5 Å². The number of rotatable bonds is 3. The number of epoxide rings is 1. The number of nitrogens with zero attached hydrogens (tertiary/aromatic N) is 1. The van der Waals surface area contributed by atoms with Gasteiger partial charge in [-0.15, -0.1) is 0 Å². The van der Waals surface area contributed by atoms with E-state index in [0.29, 0.717) is 23.6 Å². The Bertz CT molecular complexity index is 1370. The molecule has 0 spiro atoms. The van der Waals surface area contributed by atoms with Crippen molar-refractivity contribution in [3.63, 3.8) is 0 Å². The summed E-state index contributed by atoms with van der Waals surface area (Å²) in [7, 11) is 3.10. The van der Waals surface area contributed by atoms with Crippen LogP contribution in [0.3, 0.4) is 0 Å². The second-order valence-electron chi connectivity index (χ2n) is 12.6. The Morgan fingerprint density at radius 3 is 2.68 bits per heavy atom. The predicted molar refractivity (Wildman–Crippen MR) is 158 cm³/mol. The molecule has 12 nitrogen and oxygen atoms in total. The fourth-order valence-electron chi connectivity index (χ4n) is 6.15. The molecule has 4 aliphatic rings. The number of esters is 1. The van der Waals surface area contributed by atoms with Gasteiger partial charge in [0.15, 0.2) is 17.2 Å². The van der Waals surface area contributed by atoms with Crippen LogP contribution in [0.5, 0.6) is 11.5 Å². The number of amides is 2. The van der Waals surface area contributed by atoms with E-state index in [1.165, 1.54) is 12.0 Å². The summed E-state index contributed by atoms with van der Waals surface area (Å²) in [5, 5.41) is 14.1. The number of hydrogen-bond donors (Lipinski definition) is 2. The fraction of sp³-hybridized carbons (Fsp3) is 0.594. The first kappa shape index (κ1) is 31.8. The molecule has 0 unspecified atom stereocenters. The van der Waals surface area contributed by atoms with Gasteiger partial charge in [-0.25, -0.2) is 4.79 Å². The van der Waals surface area contributed by atoms with Crippen molar-refractivity contribution >= 4 is 23.7 Å². The topological polar surface area (TPSA) is 145 Å². The highest BCUT2D eigenvalue weighted by Gasteiger charge is 2.64. The number of allylic oxidation sites excluding steroid dienone is 3. The van der Waals surface area contributed by atoms with Crippen LogP contribution in [0.4, 0.5) is 10.5 Å². The van der Waals surface area contributed by atoms with Crippen LogP contribution < -0.4 is 19.7 Å². The molecule has 4 heterocycles. The van der Waals surface area contributed by atoms with Crippen LogP contribution in [-0.4, -0.2) is 79.8 Å². The molecule has 44 heavy (non-hydrogen) atoms. The number of alkyl carbamates (subject to hydrolysis) is 1. The molecule has 0 radical (unpaired) electrons. The molecule has 1 aromatic carbocycles. The average molecular weight is 615 g/mol. The molecule has 240 valence electrons. The summed E-state index contributed by atoms with van der Waals surface area (Å²) in [6.07, 6.45) is 1.81. The molecule has 2 amide bonds. The van der Waals surface area contributed by atoms with Gasteiger partial charge >= 0.3 is 12.1 Å². The van der Waals surface area contributed by atoms with Crippen molar-refractivity contribution in [3.8, 4) is 11.5 Å². The molecule has 2 N–H and O–H groups in total. The minimum absolute atomic E-state index is 0.0108. The number of fused-ring (bicyclic) bond motifs is 7. The number of benzene rings is 1. The summed E-state index contributed by atoms with van der Waals surface area (Å²) in [5.41, 5.74) is -0.406. The highest BCUT2D eigenvalue weighted by molar-refractivity contribution is 5.95. The van der Waals surface area contributed by atoms with Gasteiger partial charge in [0.2, 0.25) is 12.7 Å². The standard InChI is InChI=1S/C32H42N2O10/c1-17(2)29(36)43-25-14-26(35)34(6)21-12-20(13-22-27(21)41-16-40-22)11-18(3)9-8-10-24(39-7)32(38)15-23(42-30(37)33-32)19(4)28-31(25,5)44-28/h8-10,12-13,17,19,23-25,28,38H,11,14-16H2,1-7H3,(H,33,37)/b10-8+,18-9+/t19-,23+,24-,25+,28+,31+,32+/m1/s1. The second kappa shape index (κ2) is 12.1. The van der Waals surface area contributed by atoms with Gasteiger partial charge < -0.3 is 38.4 Å². The largest absolute Gasteiger partial charge is 0.458 e. The number of anilines is 1. The van der Waals surface area contributed by atoms with Gasteiger partial charge in [0, 0.05) is 26.5 Å². The fourth-order valence-corrected chi connectivity index (χ4v) is 6.15. The predicted octanol–water partition coefficient (Wildman–Crippen LogP) is 3.39. The third kappa shape index (κ3) is 6.15. The molecule has 5 rings (SSSR count). The number of methoxy groups -OCH3 is 1. The second-order valence-corrected chi connectivity index (χ2v) is 12.6. The van der Waals surface area contributed by atoms with Crippen molar-refractivity contribution < 1.29 is 47.9 Å². The highest BCUT2D eigenvalue weighted by Crippen LogP contribution is 2.49. The van der Waals surface area contributed by atoms with Crippen LogP contribution in [0.25, 0.3) is 0 Å². The first-order chi connectivity index (χ1) is 20.8. The summed E-state index contributed by atoms with van der Waals surface area (Å²) in [5.74, 6) is -0.647. The lowest BCUT2D eigenvalue weighted by molar-refractivity contribution is -0.157. The zero-order valence-corrected chi connectivity index (χ0v) is 26.2. The van der Waals surface area contributed by atoms with E-state index in [2.05, 4.69) is 5.32 Å². The zero-order valence-electron chi connectivity index (χ0n) is 26.2. The molecule has 2 saturated heterocycles. The zero-order chi connectivity index (χ0) is 32.0. The Morgan fingerprint density at radius 1 is 1.23 bits per heavy atom. The summed E-state index contributed by atoms with van der Waals surface area (Å²) in [6.45, 7) is 9.04. The van der Waals surface area contributed by atoms with Gasteiger partial charge in [-0.3, -0.25) is 14.9 Å². The van der Waals surface area contributed by atoms with Crippen LogP contribution in [-0.2, 0) is 35.0 Å². The van der Waals surface area contributed by atoms with Crippen LogP contribution >= 0.6 is 0 Å². The van der Waals surface area contributed by atoms with Crippen molar-refractivity contribution in [2.45, 2.75) is 89.6 Å². The van der Waals surface area contributed by atoms with E-state index in [4.69, 9.17) is 28.4 Å². The number of aliphatic hydroxyl groups is 1. The van der Waals surface area contributed by atoms with Crippen molar-refractivity contribution in [1.82, 2.24) is 5.32 Å². The third-order valence-electron chi connectivity index (χ3n) is 8.89. The van der Waals surface area contributed by atoms with E-state index in [1.807, 2.05) is 32.1 Å². The molecule has 2 fully saturated rings. The third-order valence-corrected chi connectivity index (χ3v) is 8.89. The van der Waals surface area contributed by atoms with E-state index in [0.717, 1.165) is 11.1 Å². The molecule has 0 aromatic heterocycles. The number of hydrogen-bond acceptors (Lipinski definition) is 10. The van der Waals surface area contributed by atoms with Crippen molar-refractivity contribution in [2.24, 2.45) is 11.8 Å². The van der Waals surface area contributed by atoms with E-state index in [1.54, 1.807) is 40.0 Å². The lowest BCUT2D eigenvalue weighted by Crippen LogP contribution is -2.63. The summed E-state index contributed by atoms with van der Waals surface area (Å²) < 4.78 is 34.7. The molecule has 4 bridgehead atoms. The lowest BCUT2D eigenvalue weighted by atomic mass is 9.83. The number of carbonyl (C=O) groups is 3. The molecule has 0 aliphatic carbocycles. The van der Waals surface area contributed by atoms with Gasteiger partial charge in [0.05, 0.1) is 24.1 Å². The van der Waals surface area contributed by atoms with E-state index < -0.39 is 59.6 Å². The normalized spacial score (nSPS) is 35.6. The van der Waals surface area contributed by atoms with Gasteiger partial charge in [-0.05, 0) is 38.0 Å². The first-order valence-electron chi connectivity index (χ1n) is 14.9. The number of ether oxygens (including phenoxy) is 6. The van der Waals surface area contributed by atoms with Crippen LogP contribution in [0, 0.1) is 11.8 Å². The maximum atomic E-state index is 13.8. The minimum atomic E-state index is -1.76. The lowest BCUT2D eigenvalue weighted by Gasteiger charge is -2.42. The summed E-state index contributed by atoms with van der Waals surface area (Å²) >= 11 is 0. The van der Waals surface area contributed by atoms with Crippen LogP contribution in [0.15, 0.2) is 35.9 Å². The van der Waals surface area contributed by atoms with E-state index >= 15 is 0 Å². The quantitative estimate of drug-likeness (QED) is 0.384. The molecule has 12 heteroatoms. The number of nitrogens with one attached hydrogen (secondary N) is 1. The molecule has 0 saturated carbocycles. The van der Waals surface area contributed by atoms with Gasteiger partial charge in [-0.2, -0.15) is 0 Å². The Hall–Kier alpha value is -3.61. The van der Waals surface area contributed by atoms with Crippen molar-refractivity contribution in [3.05, 3.63) is 41.5 Å². The van der Waals surface area contributed by atoms with Crippen molar-refractivity contribution in [2.75, 3.05) is 25.9 Å². The Kier molecular flexibility index (Phi) is 8.71. The van der Waals surface area contributed by atoms with Gasteiger partial charge in [0.25, 0.3) is 0 Å².